The molecule has 1 amide bonds. The molecule has 0 aromatic carbocycles. The molecule has 0 saturated carbocycles. The smallest absolute Gasteiger partial charge is 0.273 e. The molecule has 0 aliphatic rings. The van der Waals surface area contributed by atoms with E-state index in [2.05, 4.69) is 35.8 Å². The van der Waals surface area contributed by atoms with Crippen molar-refractivity contribution in [1.29, 1.82) is 0 Å². The molecule has 28 heavy (non-hydrogen) atoms. The van der Waals surface area contributed by atoms with E-state index in [-0.39, 0.29) is 18.1 Å². The van der Waals surface area contributed by atoms with E-state index in [1.165, 1.54) is 11.3 Å². The molecule has 0 aliphatic heterocycles. The number of aryl methyl sites for hydroxylation is 2. The van der Waals surface area contributed by atoms with E-state index in [4.69, 9.17) is 0 Å². The Labute approximate surface area is 164 Å². The van der Waals surface area contributed by atoms with Gasteiger partial charge < -0.3 is 5.32 Å². The van der Waals surface area contributed by atoms with Crippen molar-refractivity contribution in [3.05, 3.63) is 64.9 Å². The van der Waals surface area contributed by atoms with Crippen molar-refractivity contribution in [2.45, 2.75) is 20.4 Å². The van der Waals surface area contributed by atoms with Crippen LogP contribution in [0.3, 0.4) is 0 Å². The lowest BCUT2D eigenvalue weighted by atomic mass is 10.3. The zero-order valence-corrected chi connectivity index (χ0v) is 16.0. The Morgan fingerprint density at radius 2 is 1.93 bits per heavy atom. The second-order valence-electron chi connectivity index (χ2n) is 6.03. The lowest BCUT2D eigenvalue weighted by Crippen LogP contribution is -2.23. The van der Waals surface area contributed by atoms with Gasteiger partial charge >= 0.3 is 0 Å². The predicted octanol–water partition coefficient (Wildman–Crippen LogP) is 2.12. The Morgan fingerprint density at radius 3 is 2.71 bits per heavy atom. The van der Waals surface area contributed by atoms with E-state index in [9.17, 15) is 4.79 Å². The first kappa shape index (κ1) is 17.9. The van der Waals surface area contributed by atoms with Gasteiger partial charge in [-0.2, -0.15) is 0 Å². The van der Waals surface area contributed by atoms with Crippen LogP contribution in [0.1, 0.15) is 26.9 Å². The Hall–Kier alpha value is -3.53. The maximum absolute atomic E-state index is 12.4. The first-order valence-corrected chi connectivity index (χ1v) is 9.30. The van der Waals surface area contributed by atoms with E-state index in [0.29, 0.717) is 5.01 Å². The molecule has 1 N–H and O–H groups in total. The van der Waals surface area contributed by atoms with Gasteiger partial charge in [-0.25, -0.2) is 4.68 Å². The van der Waals surface area contributed by atoms with Crippen LogP contribution in [0.15, 0.2) is 42.9 Å². The Bertz CT molecular complexity index is 1120. The summed E-state index contributed by atoms with van der Waals surface area (Å²) in [5, 5.41) is 20.5. The normalized spacial score (nSPS) is 10.8. The Morgan fingerprint density at radius 1 is 1.11 bits per heavy atom. The molecule has 10 heteroatoms. The highest BCUT2D eigenvalue weighted by atomic mass is 32.1. The van der Waals surface area contributed by atoms with E-state index < -0.39 is 0 Å². The molecule has 0 spiro atoms. The van der Waals surface area contributed by atoms with Gasteiger partial charge in [0.1, 0.15) is 10.0 Å². The summed E-state index contributed by atoms with van der Waals surface area (Å²) in [5.41, 5.74) is 3.68. The van der Waals surface area contributed by atoms with Crippen molar-refractivity contribution in [2.24, 2.45) is 0 Å². The van der Waals surface area contributed by atoms with E-state index in [1.54, 1.807) is 23.3 Å². The molecule has 0 saturated heterocycles. The SMILES string of the molecule is Cc1ccc(-n2cc(C(=O)NCc3nnc(-c4ccncc4)s3)nn2)c(C)n1. The summed E-state index contributed by atoms with van der Waals surface area (Å²) in [6.07, 6.45) is 4.98. The minimum atomic E-state index is -0.329. The third-order valence-electron chi connectivity index (χ3n) is 3.96. The van der Waals surface area contributed by atoms with E-state index in [0.717, 1.165) is 27.6 Å². The Kier molecular flexibility index (Phi) is 4.85. The number of nitrogens with zero attached hydrogens (tertiary/aromatic N) is 7. The van der Waals surface area contributed by atoms with Crippen LogP contribution in [0.4, 0.5) is 0 Å². The third kappa shape index (κ3) is 3.76. The molecular weight excluding hydrogens is 376 g/mol. The summed E-state index contributed by atoms with van der Waals surface area (Å²) in [5.74, 6) is -0.329. The summed E-state index contributed by atoms with van der Waals surface area (Å²) in [6.45, 7) is 4.07. The quantitative estimate of drug-likeness (QED) is 0.554. The highest BCUT2D eigenvalue weighted by molar-refractivity contribution is 7.14. The topological polar surface area (TPSA) is 111 Å². The lowest BCUT2D eigenvalue weighted by Gasteiger charge is -2.04. The molecular formula is C18H16N8OS. The van der Waals surface area contributed by atoms with Gasteiger partial charge in [-0.15, -0.1) is 15.3 Å². The van der Waals surface area contributed by atoms with Crippen LogP contribution >= 0.6 is 11.3 Å². The monoisotopic (exact) mass is 392 g/mol. The third-order valence-corrected chi connectivity index (χ3v) is 4.94. The fourth-order valence-electron chi connectivity index (χ4n) is 2.59. The zero-order valence-electron chi connectivity index (χ0n) is 15.2. The second kappa shape index (κ2) is 7.61. The highest BCUT2D eigenvalue weighted by Crippen LogP contribution is 2.22. The van der Waals surface area contributed by atoms with Gasteiger partial charge in [-0.1, -0.05) is 16.6 Å². The number of amides is 1. The first-order chi connectivity index (χ1) is 13.6. The number of carbonyl (C=O) groups excluding carboxylic acids is 1. The van der Waals surface area contributed by atoms with Crippen LogP contribution in [-0.4, -0.2) is 41.1 Å². The maximum Gasteiger partial charge on any atom is 0.273 e. The molecule has 4 rings (SSSR count). The zero-order chi connectivity index (χ0) is 19.5. The van der Waals surface area contributed by atoms with Gasteiger partial charge in [0.05, 0.1) is 24.1 Å². The van der Waals surface area contributed by atoms with Crippen molar-refractivity contribution in [3.63, 3.8) is 0 Å². The molecule has 4 aromatic heterocycles. The number of carbonyl (C=O) groups is 1. The average molecular weight is 392 g/mol. The minimum absolute atomic E-state index is 0.221. The minimum Gasteiger partial charge on any atom is -0.344 e. The number of hydrogen-bond acceptors (Lipinski definition) is 8. The molecule has 4 heterocycles. The van der Waals surface area contributed by atoms with Crippen molar-refractivity contribution in [2.75, 3.05) is 0 Å². The molecule has 0 radical (unpaired) electrons. The molecule has 9 nitrogen and oxygen atoms in total. The van der Waals surface area contributed by atoms with Crippen LogP contribution in [0.5, 0.6) is 0 Å². The molecule has 0 atom stereocenters. The van der Waals surface area contributed by atoms with Crippen LogP contribution in [0.25, 0.3) is 16.3 Å². The van der Waals surface area contributed by atoms with Crippen LogP contribution in [0, 0.1) is 13.8 Å². The van der Waals surface area contributed by atoms with E-state index in [1.807, 2.05) is 38.1 Å². The van der Waals surface area contributed by atoms with Gasteiger partial charge in [-0.05, 0) is 38.1 Å². The number of hydrogen-bond donors (Lipinski definition) is 1. The van der Waals surface area contributed by atoms with Gasteiger partial charge in [-0.3, -0.25) is 14.8 Å². The Balaban J connectivity index is 1.42. The largest absolute Gasteiger partial charge is 0.344 e. The predicted molar refractivity (Wildman–Crippen MR) is 103 cm³/mol. The summed E-state index contributed by atoms with van der Waals surface area (Å²) in [7, 11) is 0. The highest BCUT2D eigenvalue weighted by Gasteiger charge is 2.14. The molecule has 0 bridgehead atoms. The van der Waals surface area contributed by atoms with Gasteiger partial charge in [0.25, 0.3) is 5.91 Å². The maximum atomic E-state index is 12.4. The fourth-order valence-corrected chi connectivity index (χ4v) is 3.37. The van der Waals surface area contributed by atoms with Crippen LogP contribution < -0.4 is 5.32 Å². The van der Waals surface area contributed by atoms with Gasteiger partial charge in [0.15, 0.2) is 5.69 Å². The summed E-state index contributed by atoms with van der Waals surface area (Å²) in [4.78, 5) is 20.8. The number of rotatable bonds is 5. The molecule has 140 valence electrons. The second-order valence-corrected chi connectivity index (χ2v) is 7.09. The molecule has 0 aliphatic carbocycles. The number of pyridine rings is 2. The van der Waals surface area contributed by atoms with Gasteiger partial charge in [0, 0.05) is 23.7 Å². The molecule has 0 fully saturated rings. The average Bonchev–Trinajstić information content (AvgIpc) is 3.37. The van der Waals surface area contributed by atoms with Crippen molar-refractivity contribution in [1.82, 2.24) is 40.5 Å². The van der Waals surface area contributed by atoms with Crippen LogP contribution in [0.2, 0.25) is 0 Å². The summed E-state index contributed by atoms with van der Waals surface area (Å²) < 4.78 is 1.54. The lowest BCUT2D eigenvalue weighted by molar-refractivity contribution is 0.0945. The molecule has 0 unspecified atom stereocenters. The summed E-state index contributed by atoms with van der Waals surface area (Å²) >= 11 is 1.41. The fraction of sp³-hybridized carbons (Fsp3) is 0.167. The van der Waals surface area contributed by atoms with Gasteiger partial charge in [0.2, 0.25) is 0 Å². The summed E-state index contributed by atoms with van der Waals surface area (Å²) in [6, 6.07) is 7.52. The van der Waals surface area contributed by atoms with Crippen molar-refractivity contribution < 1.29 is 4.79 Å². The first-order valence-electron chi connectivity index (χ1n) is 8.48. The standard InChI is InChI=1S/C18H16N8OS/c1-11-3-4-15(12(2)21-11)26-10-14(22-25-26)17(27)20-9-16-23-24-18(28-16)13-5-7-19-8-6-13/h3-8,10H,9H2,1-2H3,(H,20,27). The van der Waals surface area contributed by atoms with Crippen LogP contribution in [-0.2, 0) is 6.54 Å². The van der Waals surface area contributed by atoms with Crippen molar-refractivity contribution >= 4 is 17.2 Å². The van der Waals surface area contributed by atoms with Crippen molar-refractivity contribution in [3.8, 4) is 16.3 Å². The van der Waals surface area contributed by atoms with E-state index >= 15 is 0 Å². The number of aromatic nitrogens is 7. The molecule has 4 aromatic rings. The number of nitrogens with one attached hydrogen (secondary N) is 1.